The molecule has 0 amide bonds. The van der Waals surface area contributed by atoms with Gasteiger partial charge in [-0.2, -0.15) is 0 Å². The third kappa shape index (κ3) is 1.53. The molecule has 1 fully saturated rings. The zero-order valence-electron chi connectivity index (χ0n) is 7.78. The lowest BCUT2D eigenvalue weighted by Crippen LogP contribution is -2.29. The lowest BCUT2D eigenvalue weighted by atomic mass is 9.66. The zero-order chi connectivity index (χ0) is 7.78. The second kappa shape index (κ2) is 2.56. The lowest BCUT2D eigenvalue weighted by molar-refractivity contribution is 0.115. The normalized spacial score (nSPS) is 39.6. The second-order valence-corrected chi connectivity index (χ2v) is 4.78. The monoisotopic (exact) mass is 140 g/mol. The Morgan fingerprint density at radius 3 is 2.10 bits per heavy atom. The maximum atomic E-state index is 2.41. The van der Waals surface area contributed by atoms with Crippen LogP contribution in [0, 0.1) is 17.3 Å². The van der Waals surface area contributed by atoms with E-state index in [0.29, 0.717) is 5.41 Å². The fourth-order valence-electron chi connectivity index (χ4n) is 2.13. The molecule has 1 rings (SSSR count). The highest BCUT2D eigenvalue weighted by molar-refractivity contribution is 4.82. The van der Waals surface area contributed by atoms with E-state index in [2.05, 4.69) is 27.7 Å². The van der Waals surface area contributed by atoms with Gasteiger partial charge in [-0.25, -0.2) is 0 Å². The largest absolute Gasteiger partial charge is 0.0625 e. The van der Waals surface area contributed by atoms with Crippen molar-refractivity contribution in [3.05, 3.63) is 0 Å². The minimum atomic E-state index is 0.609. The van der Waals surface area contributed by atoms with Crippen molar-refractivity contribution in [3.63, 3.8) is 0 Å². The standard InChI is InChI=1S/C10H20/c1-8-5-6-9(2)10(3,4)7-8/h8-9H,5-7H2,1-4H3/t8-,9?/m1/s1. The minimum Gasteiger partial charge on any atom is -0.0625 e. The molecule has 1 saturated carbocycles. The van der Waals surface area contributed by atoms with Gasteiger partial charge in [-0.15, -0.1) is 0 Å². The summed E-state index contributed by atoms with van der Waals surface area (Å²) >= 11 is 0. The molecular weight excluding hydrogens is 120 g/mol. The summed E-state index contributed by atoms with van der Waals surface area (Å²) < 4.78 is 0. The first-order chi connectivity index (χ1) is 4.52. The summed E-state index contributed by atoms with van der Waals surface area (Å²) in [5.74, 6) is 1.90. The first-order valence-electron chi connectivity index (χ1n) is 4.52. The Hall–Kier alpha value is 0. The maximum Gasteiger partial charge on any atom is -0.0326 e. The van der Waals surface area contributed by atoms with E-state index < -0.39 is 0 Å². The van der Waals surface area contributed by atoms with Gasteiger partial charge in [-0.05, 0) is 30.1 Å². The van der Waals surface area contributed by atoms with Gasteiger partial charge in [0.25, 0.3) is 0 Å². The summed E-state index contributed by atoms with van der Waals surface area (Å²) in [6, 6.07) is 0. The van der Waals surface area contributed by atoms with Crippen LogP contribution in [-0.4, -0.2) is 0 Å². The molecule has 1 aliphatic rings. The van der Waals surface area contributed by atoms with Crippen molar-refractivity contribution in [2.75, 3.05) is 0 Å². The van der Waals surface area contributed by atoms with Crippen molar-refractivity contribution in [2.24, 2.45) is 17.3 Å². The average molecular weight is 140 g/mol. The van der Waals surface area contributed by atoms with Gasteiger partial charge in [0.15, 0.2) is 0 Å². The third-order valence-electron chi connectivity index (χ3n) is 3.30. The predicted molar refractivity (Wildman–Crippen MR) is 46.0 cm³/mol. The van der Waals surface area contributed by atoms with Gasteiger partial charge in [0.2, 0.25) is 0 Å². The topological polar surface area (TPSA) is 0 Å². The first-order valence-corrected chi connectivity index (χ1v) is 4.52. The molecule has 60 valence electrons. The van der Waals surface area contributed by atoms with E-state index in [1.807, 2.05) is 0 Å². The molecule has 0 heteroatoms. The molecule has 0 saturated heterocycles. The summed E-state index contributed by atoms with van der Waals surface area (Å²) in [6.07, 6.45) is 4.31. The van der Waals surface area contributed by atoms with Crippen molar-refractivity contribution >= 4 is 0 Å². The van der Waals surface area contributed by atoms with Gasteiger partial charge >= 0.3 is 0 Å². The Balaban J connectivity index is 2.55. The second-order valence-electron chi connectivity index (χ2n) is 4.78. The number of hydrogen-bond donors (Lipinski definition) is 0. The van der Waals surface area contributed by atoms with Crippen LogP contribution in [0.25, 0.3) is 0 Å². The molecule has 1 unspecified atom stereocenters. The van der Waals surface area contributed by atoms with E-state index in [1.54, 1.807) is 0 Å². The SMILES string of the molecule is CC1CC[C@@H](C)CC1(C)C. The van der Waals surface area contributed by atoms with Crippen molar-refractivity contribution in [2.45, 2.75) is 47.0 Å². The maximum absolute atomic E-state index is 2.41. The average Bonchev–Trinajstić information content (AvgIpc) is 1.78. The van der Waals surface area contributed by atoms with Crippen LogP contribution in [0.1, 0.15) is 47.0 Å². The number of hydrogen-bond acceptors (Lipinski definition) is 0. The van der Waals surface area contributed by atoms with Crippen LogP contribution in [-0.2, 0) is 0 Å². The Kier molecular flexibility index (Phi) is 2.07. The zero-order valence-corrected chi connectivity index (χ0v) is 7.78. The highest BCUT2D eigenvalue weighted by Gasteiger charge is 2.31. The molecule has 2 atom stereocenters. The third-order valence-corrected chi connectivity index (χ3v) is 3.30. The van der Waals surface area contributed by atoms with Gasteiger partial charge < -0.3 is 0 Å². The highest BCUT2D eigenvalue weighted by Crippen LogP contribution is 2.42. The van der Waals surface area contributed by atoms with Gasteiger partial charge in [-0.3, -0.25) is 0 Å². The predicted octanol–water partition coefficient (Wildman–Crippen LogP) is 3.47. The van der Waals surface area contributed by atoms with Crippen molar-refractivity contribution in [1.82, 2.24) is 0 Å². The summed E-state index contributed by atoms with van der Waals surface area (Å²) in [5.41, 5.74) is 0.609. The Bertz CT molecular complexity index is 113. The molecule has 0 aliphatic heterocycles. The molecule has 0 aromatic carbocycles. The molecule has 0 N–H and O–H groups in total. The van der Waals surface area contributed by atoms with Crippen LogP contribution in [0.3, 0.4) is 0 Å². The van der Waals surface area contributed by atoms with Crippen molar-refractivity contribution < 1.29 is 0 Å². The van der Waals surface area contributed by atoms with Crippen LogP contribution < -0.4 is 0 Å². The fraction of sp³-hybridized carbons (Fsp3) is 1.00. The first kappa shape index (κ1) is 8.10. The van der Waals surface area contributed by atoms with E-state index >= 15 is 0 Å². The van der Waals surface area contributed by atoms with E-state index in [1.165, 1.54) is 19.3 Å². The Morgan fingerprint density at radius 1 is 1.10 bits per heavy atom. The smallest absolute Gasteiger partial charge is 0.0326 e. The summed E-state index contributed by atoms with van der Waals surface area (Å²) in [6.45, 7) is 9.60. The molecule has 10 heavy (non-hydrogen) atoms. The van der Waals surface area contributed by atoms with E-state index in [0.717, 1.165) is 11.8 Å². The molecule has 0 spiro atoms. The Labute approximate surface area is 65.0 Å². The lowest BCUT2D eigenvalue weighted by Gasteiger charge is -2.39. The molecule has 1 aliphatic carbocycles. The van der Waals surface area contributed by atoms with Crippen molar-refractivity contribution in [1.29, 1.82) is 0 Å². The molecule has 0 aromatic heterocycles. The molecule has 0 bridgehead atoms. The molecule has 0 nitrogen and oxygen atoms in total. The van der Waals surface area contributed by atoms with Crippen LogP contribution in [0.5, 0.6) is 0 Å². The minimum absolute atomic E-state index is 0.609. The van der Waals surface area contributed by atoms with E-state index in [9.17, 15) is 0 Å². The molecule has 0 heterocycles. The van der Waals surface area contributed by atoms with Crippen LogP contribution in [0.15, 0.2) is 0 Å². The van der Waals surface area contributed by atoms with E-state index in [4.69, 9.17) is 0 Å². The van der Waals surface area contributed by atoms with Gasteiger partial charge in [0, 0.05) is 0 Å². The van der Waals surface area contributed by atoms with Crippen LogP contribution in [0.2, 0.25) is 0 Å². The van der Waals surface area contributed by atoms with Gasteiger partial charge in [0.1, 0.15) is 0 Å². The van der Waals surface area contributed by atoms with E-state index in [-0.39, 0.29) is 0 Å². The Morgan fingerprint density at radius 2 is 1.70 bits per heavy atom. The van der Waals surface area contributed by atoms with Gasteiger partial charge in [0.05, 0.1) is 0 Å². The summed E-state index contributed by atoms with van der Waals surface area (Å²) in [4.78, 5) is 0. The molecular formula is C10H20. The molecule has 0 radical (unpaired) electrons. The molecule has 0 aromatic rings. The summed E-state index contributed by atoms with van der Waals surface area (Å²) in [5, 5.41) is 0. The quantitative estimate of drug-likeness (QED) is 0.483. The van der Waals surface area contributed by atoms with Crippen LogP contribution >= 0.6 is 0 Å². The van der Waals surface area contributed by atoms with Gasteiger partial charge in [-0.1, -0.05) is 34.1 Å². The fourth-order valence-corrected chi connectivity index (χ4v) is 2.13. The highest BCUT2D eigenvalue weighted by atomic mass is 14.4. The van der Waals surface area contributed by atoms with Crippen molar-refractivity contribution in [3.8, 4) is 0 Å². The van der Waals surface area contributed by atoms with Crippen LogP contribution in [0.4, 0.5) is 0 Å². The number of rotatable bonds is 0. The summed E-state index contributed by atoms with van der Waals surface area (Å²) in [7, 11) is 0.